The van der Waals surface area contributed by atoms with Crippen molar-refractivity contribution in [3.05, 3.63) is 35.9 Å². The van der Waals surface area contributed by atoms with Gasteiger partial charge in [0.1, 0.15) is 5.78 Å². The first-order valence-corrected chi connectivity index (χ1v) is 8.38. The molecule has 0 saturated heterocycles. The fourth-order valence-electron chi connectivity index (χ4n) is 3.09. The van der Waals surface area contributed by atoms with Gasteiger partial charge in [-0.1, -0.05) is 75.8 Å². The number of hydrogen-bond donors (Lipinski definition) is 0. The van der Waals surface area contributed by atoms with E-state index >= 15 is 0 Å². The van der Waals surface area contributed by atoms with Crippen LogP contribution in [0.3, 0.4) is 0 Å². The minimum absolute atomic E-state index is 0.0938. The number of ketones is 1. The predicted octanol–water partition coefficient (Wildman–Crippen LogP) is 5.43. The highest BCUT2D eigenvalue weighted by molar-refractivity contribution is 5.93. The Labute approximate surface area is 123 Å². The Bertz CT molecular complexity index is 403. The molecule has 1 aliphatic rings. The molecule has 0 spiro atoms. The lowest BCUT2D eigenvalue weighted by molar-refractivity contribution is -0.121. The van der Waals surface area contributed by atoms with Gasteiger partial charge in [-0.3, -0.25) is 4.79 Å². The van der Waals surface area contributed by atoms with Crippen LogP contribution in [0.25, 0.3) is 0 Å². The molecule has 0 heterocycles. The van der Waals surface area contributed by atoms with Gasteiger partial charge in [-0.15, -0.1) is 0 Å². The topological polar surface area (TPSA) is 17.1 Å². The van der Waals surface area contributed by atoms with Crippen LogP contribution in [0, 0.1) is 0 Å². The van der Waals surface area contributed by atoms with E-state index in [9.17, 15) is 4.79 Å². The first kappa shape index (κ1) is 15.3. The number of benzene rings is 1. The zero-order valence-electron chi connectivity index (χ0n) is 12.9. The molecule has 0 amide bonds. The summed E-state index contributed by atoms with van der Waals surface area (Å²) in [5.41, 5.74) is 1.15. The van der Waals surface area contributed by atoms with Gasteiger partial charge >= 0.3 is 0 Å². The first-order chi connectivity index (χ1) is 9.79. The van der Waals surface area contributed by atoms with Crippen LogP contribution in [-0.4, -0.2) is 5.78 Å². The van der Waals surface area contributed by atoms with Crippen LogP contribution in [0.2, 0.25) is 0 Å². The molecule has 20 heavy (non-hydrogen) atoms. The molecule has 0 aliphatic heterocycles. The maximum atomic E-state index is 12.5. The number of Topliss-reactive ketones (excluding diaryl/α,β-unsaturated/α-hetero) is 1. The van der Waals surface area contributed by atoms with Crippen LogP contribution in [-0.2, 0) is 10.2 Å². The van der Waals surface area contributed by atoms with Crippen LogP contribution in [0.15, 0.2) is 30.3 Å². The second-order valence-corrected chi connectivity index (χ2v) is 6.24. The predicted molar refractivity (Wildman–Crippen MR) is 85.0 cm³/mol. The fourth-order valence-corrected chi connectivity index (χ4v) is 3.09. The van der Waals surface area contributed by atoms with Crippen molar-refractivity contribution < 1.29 is 4.79 Å². The normalized spacial score (nSPS) is 16.1. The van der Waals surface area contributed by atoms with E-state index in [1.54, 1.807) is 0 Å². The molecular formula is C19H28O. The van der Waals surface area contributed by atoms with Crippen LogP contribution in [0.1, 0.15) is 76.7 Å². The van der Waals surface area contributed by atoms with Crippen LogP contribution >= 0.6 is 0 Å². The van der Waals surface area contributed by atoms with Crippen LogP contribution in [0.5, 0.6) is 0 Å². The lowest BCUT2D eigenvalue weighted by Gasteiger charge is -2.14. The summed E-state index contributed by atoms with van der Waals surface area (Å²) in [6.07, 6.45) is 11.9. The zero-order valence-corrected chi connectivity index (χ0v) is 12.9. The number of carbonyl (C=O) groups is 1. The third kappa shape index (κ3) is 3.94. The van der Waals surface area contributed by atoms with E-state index in [0.717, 1.165) is 25.7 Å². The van der Waals surface area contributed by atoms with Gasteiger partial charge < -0.3 is 0 Å². The highest BCUT2D eigenvalue weighted by Gasteiger charge is 2.49. The minimum Gasteiger partial charge on any atom is -0.299 e. The number of carbonyl (C=O) groups excluding carboxylic acids is 1. The van der Waals surface area contributed by atoms with E-state index in [0.29, 0.717) is 5.78 Å². The third-order valence-electron chi connectivity index (χ3n) is 4.62. The molecule has 1 heteroatoms. The summed E-state index contributed by atoms with van der Waals surface area (Å²) in [6.45, 7) is 2.25. The van der Waals surface area contributed by atoms with Gasteiger partial charge in [0.15, 0.2) is 0 Å². The largest absolute Gasteiger partial charge is 0.299 e. The molecule has 1 aromatic rings. The zero-order chi connectivity index (χ0) is 14.3. The summed E-state index contributed by atoms with van der Waals surface area (Å²) in [5, 5.41) is 0. The third-order valence-corrected chi connectivity index (χ3v) is 4.62. The van der Waals surface area contributed by atoms with Gasteiger partial charge in [0.05, 0.1) is 5.41 Å². The van der Waals surface area contributed by atoms with E-state index < -0.39 is 0 Å². The van der Waals surface area contributed by atoms with Gasteiger partial charge in [0.25, 0.3) is 0 Å². The average molecular weight is 272 g/mol. The Hall–Kier alpha value is -1.11. The van der Waals surface area contributed by atoms with Crippen molar-refractivity contribution in [2.75, 3.05) is 0 Å². The van der Waals surface area contributed by atoms with Crippen molar-refractivity contribution in [1.29, 1.82) is 0 Å². The van der Waals surface area contributed by atoms with Crippen molar-refractivity contribution in [3.63, 3.8) is 0 Å². The fraction of sp³-hybridized carbons (Fsp3) is 0.632. The number of unbranched alkanes of at least 4 members (excludes halogenated alkanes) is 6. The summed E-state index contributed by atoms with van der Waals surface area (Å²) in [7, 11) is 0. The quantitative estimate of drug-likeness (QED) is 0.519. The first-order valence-electron chi connectivity index (χ1n) is 8.38. The smallest absolute Gasteiger partial charge is 0.143 e. The molecule has 0 radical (unpaired) electrons. The lowest BCUT2D eigenvalue weighted by Crippen LogP contribution is -2.20. The van der Waals surface area contributed by atoms with Crippen molar-refractivity contribution in [1.82, 2.24) is 0 Å². The van der Waals surface area contributed by atoms with E-state index in [-0.39, 0.29) is 5.41 Å². The minimum atomic E-state index is -0.0938. The maximum absolute atomic E-state index is 12.5. The van der Waals surface area contributed by atoms with Gasteiger partial charge in [0, 0.05) is 6.42 Å². The van der Waals surface area contributed by atoms with E-state index in [1.807, 2.05) is 6.07 Å². The Morgan fingerprint density at radius 3 is 2.15 bits per heavy atom. The molecule has 1 nitrogen and oxygen atoms in total. The van der Waals surface area contributed by atoms with Crippen molar-refractivity contribution in [2.24, 2.45) is 0 Å². The van der Waals surface area contributed by atoms with E-state index in [4.69, 9.17) is 0 Å². The van der Waals surface area contributed by atoms with Gasteiger partial charge in [-0.05, 0) is 24.8 Å². The van der Waals surface area contributed by atoms with Gasteiger partial charge in [-0.25, -0.2) is 0 Å². The Morgan fingerprint density at radius 2 is 1.55 bits per heavy atom. The molecule has 0 atom stereocenters. The van der Waals surface area contributed by atoms with Crippen molar-refractivity contribution in [2.45, 2.75) is 76.5 Å². The molecule has 0 unspecified atom stereocenters. The SMILES string of the molecule is CCCCCCCCCC(=O)C1(c2ccccc2)CC1. The average Bonchev–Trinajstić information content (AvgIpc) is 3.29. The molecule has 1 fully saturated rings. The molecule has 0 aromatic heterocycles. The highest BCUT2D eigenvalue weighted by atomic mass is 16.1. The summed E-state index contributed by atoms with van der Waals surface area (Å²) in [5.74, 6) is 0.484. The van der Waals surface area contributed by atoms with Crippen molar-refractivity contribution >= 4 is 5.78 Å². The Kier molecular flexibility index (Phi) is 5.82. The summed E-state index contributed by atoms with van der Waals surface area (Å²) >= 11 is 0. The molecule has 1 aromatic carbocycles. The maximum Gasteiger partial charge on any atom is 0.143 e. The van der Waals surface area contributed by atoms with E-state index in [1.165, 1.54) is 44.1 Å². The molecule has 1 saturated carbocycles. The number of rotatable bonds is 10. The lowest BCUT2D eigenvalue weighted by atomic mass is 9.88. The monoisotopic (exact) mass is 272 g/mol. The molecule has 1 aliphatic carbocycles. The second-order valence-electron chi connectivity index (χ2n) is 6.24. The second kappa shape index (κ2) is 7.61. The van der Waals surface area contributed by atoms with Crippen LogP contribution < -0.4 is 0 Å². The highest BCUT2D eigenvalue weighted by Crippen LogP contribution is 2.49. The molecular weight excluding hydrogens is 244 g/mol. The van der Waals surface area contributed by atoms with Gasteiger partial charge in [0.2, 0.25) is 0 Å². The Balaban J connectivity index is 1.68. The standard InChI is InChI=1S/C19H28O/c1-2-3-4-5-6-7-11-14-18(20)19(15-16-19)17-12-9-8-10-13-17/h8-10,12-13H,2-7,11,14-16H2,1H3. The Morgan fingerprint density at radius 1 is 0.950 bits per heavy atom. The molecule has 110 valence electrons. The molecule has 2 rings (SSSR count). The van der Waals surface area contributed by atoms with E-state index in [2.05, 4.69) is 31.2 Å². The summed E-state index contributed by atoms with van der Waals surface area (Å²) < 4.78 is 0. The summed E-state index contributed by atoms with van der Waals surface area (Å²) in [4.78, 5) is 12.5. The molecule has 0 bridgehead atoms. The van der Waals surface area contributed by atoms with Crippen molar-refractivity contribution in [3.8, 4) is 0 Å². The molecule has 0 N–H and O–H groups in total. The van der Waals surface area contributed by atoms with Crippen LogP contribution in [0.4, 0.5) is 0 Å². The number of hydrogen-bond acceptors (Lipinski definition) is 1. The summed E-state index contributed by atoms with van der Waals surface area (Å²) in [6, 6.07) is 10.4. The van der Waals surface area contributed by atoms with Gasteiger partial charge in [-0.2, -0.15) is 0 Å².